The Bertz CT molecular complexity index is 1360. The fourth-order valence-corrected chi connectivity index (χ4v) is 5.68. The monoisotopic (exact) mass is 606 g/mol. The maximum atomic E-state index is 13.5. The Balaban J connectivity index is 1.44. The molecule has 2 aliphatic rings. The molecule has 0 saturated carbocycles. The summed E-state index contributed by atoms with van der Waals surface area (Å²) in [6.07, 6.45) is 1.84. The lowest BCUT2D eigenvalue weighted by Crippen LogP contribution is -2.53. The minimum Gasteiger partial charge on any atom is -0.493 e. The second kappa shape index (κ2) is 13.7. The highest BCUT2D eigenvalue weighted by Gasteiger charge is 2.42. The van der Waals surface area contributed by atoms with Crippen LogP contribution in [0.15, 0.2) is 53.6 Å². The number of likely N-dealkylation sites (tertiary alicyclic amines) is 1. The molecule has 10 heteroatoms. The van der Waals surface area contributed by atoms with Crippen molar-refractivity contribution < 1.29 is 28.6 Å². The number of ether oxygens (including phenoxy) is 3. The molecule has 2 aromatic carbocycles. The number of piperidine rings is 1. The number of carbonyl (C=O) groups excluding carboxylic acids is 3. The zero-order chi connectivity index (χ0) is 32.1. The van der Waals surface area contributed by atoms with E-state index in [4.69, 9.17) is 19.3 Å². The van der Waals surface area contributed by atoms with Crippen molar-refractivity contribution in [2.75, 3.05) is 27.3 Å². The second-order valence-electron chi connectivity index (χ2n) is 13.2. The summed E-state index contributed by atoms with van der Waals surface area (Å²) in [6.45, 7) is 10.3. The number of benzene rings is 2. The van der Waals surface area contributed by atoms with Crippen molar-refractivity contribution in [3.63, 3.8) is 0 Å². The molecule has 1 atom stereocenters. The molecule has 0 aliphatic carbocycles. The number of hydrogen-bond donors (Lipinski definition) is 1. The van der Waals surface area contributed by atoms with Gasteiger partial charge in [-0.05, 0) is 63.8 Å². The summed E-state index contributed by atoms with van der Waals surface area (Å²) >= 11 is 0. The van der Waals surface area contributed by atoms with Gasteiger partial charge >= 0.3 is 6.09 Å². The molecule has 3 amide bonds. The van der Waals surface area contributed by atoms with Gasteiger partial charge in [0.05, 0.1) is 31.4 Å². The van der Waals surface area contributed by atoms with Crippen LogP contribution in [0.2, 0.25) is 0 Å². The molecule has 4 rings (SSSR count). The van der Waals surface area contributed by atoms with Gasteiger partial charge in [-0.3, -0.25) is 9.59 Å². The first-order valence-electron chi connectivity index (χ1n) is 15.2. The van der Waals surface area contributed by atoms with E-state index >= 15 is 0 Å². The summed E-state index contributed by atoms with van der Waals surface area (Å²) in [4.78, 5) is 41.4. The van der Waals surface area contributed by atoms with Crippen LogP contribution < -0.4 is 14.8 Å². The van der Waals surface area contributed by atoms with E-state index in [2.05, 4.69) is 5.32 Å². The summed E-state index contributed by atoms with van der Waals surface area (Å²) in [6, 6.07) is 14.9. The van der Waals surface area contributed by atoms with Crippen LogP contribution in [0.4, 0.5) is 4.79 Å². The molecule has 238 valence electrons. The lowest BCUT2D eigenvalue weighted by molar-refractivity contribution is -0.145. The largest absolute Gasteiger partial charge is 0.493 e. The first-order chi connectivity index (χ1) is 20.8. The van der Waals surface area contributed by atoms with E-state index < -0.39 is 23.2 Å². The number of nitrogens with one attached hydrogen (secondary N) is 1. The van der Waals surface area contributed by atoms with Crippen LogP contribution in [-0.4, -0.2) is 78.5 Å². The number of rotatable bonds is 9. The Labute approximate surface area is 260 Å². The summed E-state index contributed by atoms with van der Waals surface area (Å²) in [7, 11) is 3.19. The molecule has 0 bridgehead atoms. The Morgan fingerprint density at radius 3 is 2.30 bits per heavy atom. The van der Waals surface area contributed by atoms with Crippen molar-refractivity contribution in [1.82, 2.24) is 15.2 Å². The van der Waals surface area contributed by atoms with E-state index in [1.54, 1.807) is 19.2 Å². The standard InChI is InChI=1S/C34H46N4O6/c1-33(2,3)44-32(41)35-25(19-23-11-9-8-10-12-23)21-30(39)37-17-15-26(16-18-37)38-31(40)34(4,5)22-27(36-38)24-13-14-28(42-6)29(20-24)43-7/h8-14,20,25-26H,15-19,21-22H2,1-7H3,(H,35,41)/t25-/m1/s1. The molecule has 2 aliphatic heterocycles. The number of hydrazone groups is 1. The van der Waals surface area contributed by atoms with E-state index in [0.29, 0.717) is 50.3 Å². The van der Waals surface area contributed by atoms with E-state index in [1.165, 1.54) is 0 Å². The van der Waals surface area contributed by atoms with E-state index in [0.717, 1.165) is 16.8 Å². The highest BCUT2D eigenvalue weighted by atomic mass is 16.6. The summed E-state index contributed by atoms with van der Waals surface area (Å²) in [5, 5.41) is 9.39. The topological polar surface area (TPSA) is 110 Å². The van der Waals surface area contributed by atoms with E-state index in [-0.39, 0.29) is 24.3 Å². The van der Waals surface area contributed by atoms with Crippen molar-refractivity contribution in [2.24, 2.45) is 10.5 Å². The highest BCUT2D eigenvalue weighted by molar-refractivity contribution is 6.06. The smallest absolute Gasteiger partial charge is 0.407 e. The van der Waals surface area contributed by atoms with Crippen LogP contribution in [0.3, 0.4) is 0 Å². The molecular formula is C34H46N4O6. The third-order valence-corrected chi connectivity index (χ3v) is 7.97. The predicted octanol–water partition coefficient (Wildman–Crippen LogP) is 5.18. The maximum absolute atomic E-state index is 13.5. The number of carbonyl (C=O) groups is 3. The van der Waals surface area contributed by atoms with E-state index in [9.17, 15) is 14.4 Å². The molecule has 44 heavy (non-hydrogen) atoms. The van der Waals surface area contributed by atoms with Crippen molar-refractivity contribution in [2.45, 2.75) is 84.4 Å². The Morgan fingerprint density at radius 1 is 1.02 bits per heavy atom. The van der Waals surface area contributed by atoms with Gasteiger partial charge in [0.25, 0.3) is 0 Å². The summed E-state index contributed by atoms with van der Waals surface area (Å²) < 4.78 is 16.3. The molecule has 1 fully saturated rings. The van der Waals surface area contributed by atoms with Crippen LogP contribution in [0, 0.1) is 5.41 Å². The third-order valence-electron chi connectivity index (χ3n) is 7.97. The molecular weight excluding hydrogens is 560 g/mol. The van der Waals surface area contributed by atoms with Gasteiger partial charge in [0.2, 0.25) is 11.8 Å². The average Bonchev–Trinajstić information content (AvgIpc) is 2.97. The molecule has 1 N–H and O–H groups in total. The van der Waals surface area contributed by atoms with Crippen molar-refractivity contribution in [3.8, 4) is 11.5 Å². The summed E-state index contributed by atoms with van der Waals surface area (Å²) in [5.74, 6) is 1.17. The van der Waals surface area contributed by atoms with Gasteiger partial charge in [-0.1, -0.05) is 44.2 Å². The van der Waals surface area contributed by atoms with Gasteiger partial charge in [-0.15, -0.1) is 0 Å². The first kappa shape index (κ1) is 32.8. The Hall–Kier alpha value is -4.08. The fraction of sp³-hybridized carbons (Fsp3) is 0.529. The molecule has 1 saturated heterocycles. The molecule has 0 radical (unpaired) electrons. The highest BCUT2D eigenvalue weighted by Crippen LogP contribution is 2.36. The molecule has 2 aromatic rings. The van der Waals surface area contributed by atoms with Crippen LogP contribution >= 0.6 is 0 Å². The van der Waals surface area contributed by atoms with E-state index in [1.807, 2.05) is 88.0 Å². The molecule has 0 aromatic heterocycles. The first-order valence-corrected chi connectivity index (χ1v) is 15.2. The van der Waals surface area contributed by atoms with Gasteiger partial charge in [0, 0.05) is 37.5 Å². The molecule has 10 nitrogen and oxygen atoms in total. The van der Waals surface area contributed by atoms with Crippen LogP contribution in [-0.2, 0) is 20.7 Å². The summed E-state index contributed by atoms with van der Waals surface area (Å²) in [5.41, 5.74) is 1.44. The lowest BCUT2D eigenvalue weighted by atomic mass is 9.82. The fourth-order valence-electron chi connectivity index (χ4n) is 5.68. The predicted molar refractivity (Wildman–Crippen MR) is 169 cm³/mol. The maximum Gasteiger partial charge on any atom is 0.407 e. The van der Waals surface area contributed by atoms with Crippen molar-refractivity contribution in [3.05, 3.63) is 59.7 Å². The minimum atomic E-state index is -0.643. The number of nitrogens with zero attached hydrogens (tertiary/aromatic N) is 3. The average molecular weight is 607 g/mol. The number of amides is 3. The Kier molecular flexibility index (Phi) is 10.2. The Morgan fingerprint density at radius 2 is 1.68 bits per heavy atom. The van der Waals surface area contributed by atoms with Gasteiger partial charge < -0.3 is 24.4 Å². The lowest BCUT2D eigenvalue weighted by Gasteiger charge is -2.42. The SMILES string of the molecule is COc1ccc(C2=NN(C3CCN(C(=O)C[C@@H](Cc4ccccc4)NC(=O)OC(C)(C)C)CC3)C(=O)C(C)(C)C2)cc1OC. The number of methoxy groups -OCH3 is 2. The molecule has 0 spiro atoms. The minimum absolute atomic E-state index is 0.0176. The quantitative estimate of drug-likeness (QED) is 0.421. The van der Waals surface area contributed by atoms with Gasteiger partial charge in [0.15, 0.2) is 11.5 Å². The van der Waals surface area contributed by atoms with Crippen LogP contribution in [0.25, 0.3) is 0 Å². The number of hydrogen-bond acceptors (Lipinski definition) is 7. The normalized spacial score (nSPS) is 17.9. The molecule has 0 unspecified atom stereocenters. The molecule has 2 heterocycles. The van der Waals surface area contributed by atoms with Gasteiger partial charge in [0.1, 0.15) is 5.60 Å². The van der Waals surface area contributed by atoms with Crippen molar-refractivity contribution >= 4 is 23.6 Å². The number of alkyl carbamates (subject to hydrolysis) is 1. The second-order valence-corrected chi connectivity index (χ2v) is 13.2. The van der Waals surface area contributed by atoms with Crippen molar-refractivity contribution in [1.29, 1.82) is 0 Å². The van der Waals surface area contributed by atoms with Gasteiger partial charge in [-0.2, -0.15) is 5.10 Å². The van der Waals surface area contributed by atoms with Gasteiger partial charge in [-0.25, -0.2) is 9.80 Å². The van der Waals surface area contributed by atoms with Crippen LogP contribution in [0.1, 0.15) is 71.4 Å². The zero-order valence-corrected chi connectivity index (χ0v) is 27.0. The zero-order valence-electron chi connectivity index (χ0n) is 27.0. The van der Waals surface area contributed by atoms with Crippen LogP contribution in [0.5, 0.6) is 11.5 Å². The third kappa shape index (κ3) is 8.30.